The highest BCUT2D eigenvalue weighted by Gasteiger charge is 2.07. The maximum atomic E-state index is 11.9. The van der Waals surface area contributed by atoms with E-state index in [2.05, 4.69) is 15.5 Å². The second-order valence-corrected chi connectivity index (χ2v) is 4.99. The zero-order chi connectivity index (χ0) is 17.6. The molecule has 2 aromatic heterocycles. The van der Waals surface area contributed by atoms with Crippen molar-refractivity contribution in [2.24, 2.45) is 5.10 Å². The van der Waals surface area contributed by atoms with Crippen LogP contribution in [0.1, 0.15) is 16.2 Å². The highest BCUT2D eigenvalue weighted by molar-refractivity contribution is 5.92. The normalized spacial score (nSPS) is 10.7. The number of hydrogen-bond donors (Lipinski definition) is 1. The molecule has 0 radical (unpaired) electrons. The van der Waals surface area contributed by atoms with Crippen molar-refractivity contribution < 1.29 is 9.72 Å². The van der Waals surface area contributed by atoms with Crippen LogP contribution in [0, 0.1) is 10.1 Å². The van der Waals surface area contributed by atoms with Gasteiger partial charge in [0.15, 0.2) is 0 Å². The van der Waals surface area contributed by atoms with Crippen molar-refractivity contribution in [3.05, 3.63) is 88.5 Å². The van der Waals surface area contributed by atoms with Gasteiger partial charge in [0.1, 0.15) is 5.69 Å². The summed E-state index contributed by atoms with van der Waals surface area (Å²) in [4.78, 5) is 26.1. The molecule has 0 spiro atoms. The number of benzene rings is 1. The van der Waals surface area contributed by atoms with E-state index in [4.69, 9.17) is 0 Å². The molecule has 1 N–H and O–H groups in total. The smallest absolute Gasteiger partial charge is 0.289 e. The number of nitro benzene ring substituents is 1. The molecule has 0 fully saturated rings. The van der Waals surface area contributed by atoms with E-state index in [1.165, 1.54) is 24.5 Å². The van der Waals surface area contributed by atoms with Gasteiger partial charge in [-0.2, -0.15) is 5.10 Å². The number of carbonyl (C=O) groups is 1. The Morgan fingerprint density at radius 2 is 1.96 bits per heavy atom. The summed E-state index contributed by atoms with van der Waals surface area (Å²) in [6.07, 6.45) is 4.81. The van der Waals surface area contributed by atoms with Gasteiger partial charge in [-0.25, -0.2) is 5.43 Å². The number of non-ortho nitro benzene ring substituents is 1. The highest BCUT2D eigenvalue weighted by atomic mass is 16.6. The summed E-state index contributed by atoms with van der Waals surface area (Å²) < 4.78 is 1.79. The van der Waals surface area contributed by atoms with Crippen molar-refractivity contribution in [3.63, 3.8) is 0 Å². The fourth-order valence-electron chi connectivity index (χ4n) is 2.18. The predicted molar refractivity (Wildman–Crippen MR) is 91.7 cm³/mol. The van der Waals surface area contributed by atoms with Crippen LogP contribution < -0.4 is 5.43 Å². The van der Waals surface area contributed by atoms with Crippen LogP contribution in [0.5, 0.6) is 0 Å². The van der Waals surface area contributed by atoms with Gasteiger partial charge < -0.3 is 4.57 Å². The van der Waals surface area contributed by atoms with Crippen molar-refractivity contribution >= 4 is 17.8 Å². The predicted octanol–water partition coefficient (Wildman–Crippen LogP) is 2.54. The summed E-state index contributed by atoms with van der Waals surface area (Å²) >= 11 is 0. The Morgan fingerprint density at radius 3 is 2.64 bits per heavy atom. The molecule has 3 aromatic rings. The van der Waals surface area contributed by atoms with E-state index in [0.717, 1.165) is 5.69 Å². The Kier molecular flexibility index (Phi) is 4.61. The van der Waals surface area contributed by atoms with Crippen LogP contribution >= 0.6 is 0 Å². The monoisotopic (exact) mass is 335 g/mol. The summed E-state index contributed by atoms with van der Waals surface area (Å²) in [5.74, 6) is -0.412. The Labute approximate surface area is 142 Å². The summed E-state index contributed by atoms with van der Waals surface area (Å²) in [7, 11) is 0. The topological polar surface area (TPSA) is 102 Å². The summed E-state index contributed by atoms with van der Waals surface area (Å²) in [5.41, 5.74) is 4.14. The first kappa shape index (κ1) is 16.1. The van der Waals surface area contributed by atoms with Crippen LogP contribution in [-0.4, -0.2) is 26.6 Å². The molecule has 0 saturated heterocycles. The number of hydrazone groups is 1. The number of carbonyl (C=O) groups excluding carboxylic acids is 1. The fourth-order valence-corrected chi connectivity index (χ4v) is 2.18. The standard InChI is InChI=1S/C17H13N5O3/c23-17(16-5-1-2-10-18-16)20-19-12-15-4-3-11-21(15)13-6-8-14(9-7-13)22(24)25/h1-12H,(H,20,23)/b19-12+. The van der Waals surface area contributed by atoms with Crippen LogP contribution in [0.15, 0.2) is 72.1 Å². The number of amides is 1. The van der Waals surface area contributed by atoms with Crippen molar-refractivity contribution in [2.45, 2.75) is 0 Å². The minimum atomic E-state index is -0.449. The number of nitrogens with zero attached hydrogens (tertiary/aromatic N) is 4. The zero-order valence-corrected chi connectivity index (χ0v) is 12.9. The minimum absolute atomic E-state index is 0.0220. The van der Waals surface area contributed by atoms with E-state index in [1.807, 2.05) is 6.07 Å². The van der Waals surface area contributed by atoms with Crippen molar-refractivity contribution in [1.82, 2.24) is 15.0 Å². The van der Waals surface area contributed by atoms with Crippen LogP contribution in [-0.2, 0) is 0 Å². The first-order valence-electron chi connectivity index (χ1n) is 7.32. The molecule has 0 aliphatic carbocycles. The molecule has 0 unspecified atom stereocenters. The van der Waals surface area contributed by atoms with Gasteiger partial charge in [0.05, 0.1) is 16.8 Å². The molecule has 2 heterocycles. The highest BCUT2D eigenvalue weighted by Crippen LogP contribution is 2.16. The average molecular weight is 335 g/mol. The molecule has 8 nitrogen and oxygen atoms in total. The molecular formula is C17H13N5O3. The summed E-state index contributed by atoms with van der Waals surface area (Å²) in [6.45, 7) is 0. The van der Waals surface area contributed by atoms with Gasteiger partial charge in [0, 0.05) is 30.2 Å². The molecule has 3 rings (SSSR count). The summed E-state index contributed by atoms with van der Waals surface area (Å²) in [5, 5.41) is 14.6. The Morgan fingerprint density at radius 1 is 1.16 bits per heavy atom. The molecule has 0 saturated carbocycles. The first-order chi connectivity index (χ1) is 12.1. The second kappa shape index (κ2) is 7.18. The molecule has 25 heavy (non-hydrogen) atoms. The van der Waals surface area contributed by atoms with Gasteiger partial charge in [0.25, 0.3) is 11.6 Å². The number of nitrogens with one attached hydrogen (secondary N) is 1. The molecule has 124 valence electrons. The third-order valence-electron chi connectivity index (χ3n) is 3.38. The second-order valence-electron chi connectivity index (χ2n) is 4.99. The van der Waals surface area contributed by atoms with Crippen molar-refractivity contribution in [2.75, 3.05) is 0 Å². The van der Waals surface area contributed by atoms with Crippen molar-refractivity contribution in [1.29, 1.82) is 0 Å². The Bertz CT molecular complexity index is 917. The minimum Gasteiger partial charge on any atom is -0.316 e. The molecule has 0 bridgehead atoms. The molecule has 0 aliphatic rings. The van der Waals surface area contributed by atoms with E-state index in [9.17, 15) is 14.9 Å². The molecule has 1 amide bonds. The molecule has 0 aliphatic heterocycles. The number of pyridine rings is 1. The van der Waals surface area contributed by atoms with Crippen LogP contribution in [0.4, 0.5) is 5.69 Å². The molecule has 8 heteroatoms. The number of nitro groups is 1. The van der Waals surface area contributed by atoms with E-state index in [1.54, 1.807) is 47.2 Å². The quantitative estimate of drug-likeness (QED) is 0.439. The van der Waals surface area contributed by atoms with Gasteiger partial charge >= 0.3 is 0 Å². The maximum Gasteiger partial charge on any atom is 0.289 e. The summed E-state index contributed by atoms with van der Waals surface area (Å²) in [6, 6.07) is 14.8. The van der Waals surface area contributed by atoms with Gasteiger partial charge in [-0.3, -0.25) is 19.9 Å². The largest absolute Gasteiger partial charge is 0.316 e. The van der Waals surface area contributed by atoms with Gasteiger partial charge in [-0.05, 0) is 36.4 Å². The van der Waals surface area contributed by atoms with E-state index in [-0.39, 0.29) is 11.4 Å². The van der Waals surface area contributed by atoms with E-state index < -0.39 is 10.8 Å². The molecule has 0 atom stereocenters. The van der Waals surface area contributed by atoms with Crippen LogP contribution in [0.3, 0.4) is 0 Å². The lowest BCUT2D eigenvalue weighted by molar-refractivity contribution is -0.384. The van der Waals surface area contributed by atoms with Gasteiger partial charge in [0.2, 0.25) is 0 Å². The number of rotatable bonds is 5. The van der Waals surface area contributed by atoms with Crippen LogP contribution in [0.25, 0.3) is 5.69 Å². The lowest BCUT2D eigenvalue weighted by atomic mass is 10.3. The molecular weight excluding hydrogens is 322 g/mol. The fraction of sp³-hybridized carbons (Fsp3) is 0. The van der Waals surface area contributed by atoms with Gasteiger partial charge in [-0.15, -0.1) is 0 Å². The van der Waals surface area contributed by atoms with Crippen LogP contribution in [0.2, 0.25) is 0 Å². The third kappa shape index (κ3) is 3.75. The first-order valence-corrected chi connectivity index (χ1v) is 7.32. The van der Waals surface area contributed by atoms with E-state index in [0.29, 0.717) is 5.69 Å². The number of aromatic nitrogens is 2. The number of hydrogen-bond acceptors (Lipinski definition) is 5. The lowest BCUT2D eigenvalue weighted by Crippen LogP contribution is -2.18. The molecule has 1 aromatic carbocycles. The maximum absolute atomic E-state index is 11.9. The zero-order valence-electron chi connectivity index (χ0n) is 12.9. The van der Waals surface area contributed by atoms with Crippen molar-refractivity contribution in [3.8, 4) is 5.69 Å². The third-order valence-corrected chi connectivity index (χ3v) is 3.38. The Hall–Kier alpha value is -3.81. The lowest BCUT2D eigenvalue weighted by Gasteiger charge is -2.05. The SMILES string of the molecule is O=C(N/N=C/c1cccn1-c1ccc([N+](=O)[O-])cc1)c1ccccn1. The van der Waals surface area contributed by atoms with Gasteiger partial charge in [-0.1, -0.05) is 6.07 Å². The van der Waals surface area contributed by atoms with E-state index >= 15 is 0 Å². The Balaban J connectivity index is 1.73. The average Bonchev–Trinajstić information content (AvgIpc) is 3.11.